The third-order valence-electron chi connectivity index (χ3n) is 2.46. The summed E-state index contributed by atoms with van der Waals surface area (Å²) in [6.45, 7) is 5.24. The fourth-order valence-corrected chi connectivity index (χ4v) is 1.65. The highest BCUT2D eigenvalue weighted by atomic mass is 16.5. The second-order valence-electron chi connectivity index (χ2n) is 4.03. The van der Waals surface area contributed by atoms with Gasteiger partial charge in [-0.05, 0) is 44.5 Å². The van der Waals surface area contributed by atoms with Crippen molar-refractivity contribution in [3.63, 3.8) is 0 Å². The van der Waals surface area contributed by atoms with Crippen molar-refractivity contribution >= 4 is 0 Å². The maximum absolute atomic E-state index is 5.65. The molecule has 1 aliphatic rings. The molecule has 0 unspecified atom stereocenters. The molecule has 0 saturated carbocycles. The molecule has 76 valence electrons. The summed E-state index contributed by atoms with van der Waals surface area (Å²) in [6.07, 6.45) is 1.49. The highest BCUT2D eigenvalue weighted by molar-refractivity contribution is 5.31. The van der Waals surface area contributed by atoms with Crippen LogP contribution in [0, 0.1) is 0 Å². The molecule has 1 saturated heterocycles. The van der Waals surface area contributed by atoms with E-state index in [1.807, 2.05) is 19.9 Å². The van der Waals surface area contributed by atoms with Crippen molar-refractivity contribution in [2.45, 2.75) is 32.4 Å². The van der Waals surface area contributed by atoms with Crippen LogP contribution < -0.4 is 10.1 Å². The third kappa shape index (κ3) is 2.07. The molecule has 1 N–H and O–H groups in total. The lowest BCUT2D eigenvalue weighted by atomic mass is 9.98. The predicted molar refractivity (Wildman–Crippen MR) is 57.6 cm³/mol. The molecule has 0 amide bonds. The summed E-state index contributed by atoms with van der Waals surface area (Å²) in [5, 5.41) is 3.39. The van der Waals surface area contributed by atoms with E-state index < -0.39 is 0 Å². The Hall–Kier alpha value is -1.02. The Bertz CT molecular complexity index is 305. The summed E-state index contributed by atoms with van der Waals surface area (Å²) in [5.74, 6) is 0.978. The van der Waals surface area contributed by atoms with E-state index in [0.717, 1.165) is 12.3 Å². The van der Waals surface area contributed by atoms with Gasteiger partial charge in [0.15, 0.2) is 0 Å². The zero-order valence-corrected chi connectivity index (χ0v) is 8.79. The zero-order valence-electron chi connectivity index (χ0n) is 8.79. The molecule has 1 aromatic carbocycles. The van der Waals surface area contributed by atoms with Gasteiger partial charge in [0, 0.05) is 6.04 Å². The van der Waals surface area contributed by atoms with Gasteiger partial charge >= 0.3 is 0 Å². The van der Waals surface area contributed by atoms with Crippen LogP contribution in [0.5, 0.6) is 5.75 Å². The van der Waals surface area contributed by atoms with Gasteiger partial charge in [-0.2, -0.15) is 0 Å². The molecule has 1 fully saturated rings. The average molecular weight is 191 g/mol. The zero-order chi connectivity index (χ0) is 9.97. The van der Waals surface area contributed by atoms with Crippen molar-refractivity contribution in [2.75, 3.05) is 6.54 Å². The van der Waals surface area contributed by atoms with Crippen LogP contribution in [0.15, 0.2) is 24.3 Å². The molecule has 14 heavy (non-hydrogen) atoms. The lowest BCUT2D eigenvalue weighted by molar-refractivity contribution is 0.241. The van der Waals surface area contributed by atoms with E-state index in [1.54, 1.807) is 0 Å². The molecule has 0 radical (unpaired) electrons. The minimum Gasteiger partial charge on any atom is -0.491 e. The Morgan fingerprint density at radius 3 is 2.79 bits per heavy atom. The van der Waals surface area contributed by atoms with Gasteiger partial charge in [0.2, 0.25) is 0 Å². The number of benzene rings is 1. The molecule has 2 nitrogen and oxygen atoms in total. The van der Waals surface area contributed by atoms with E-state index in [4.69, 9.17) is 4.74 Å². The summed E-state index contributed by atoms with van der Waals surface area (Å²) in [7, 11) is 0. The summed E-state index contributed by atoms with van der Waals surface area (Å²) in [6, 6.07) is 8.92. The largest absolute Gasteiger partial charge is 0.491 e. The van der Waals surface area contributed by atoms with E-state index in [1.165, 1.54) is 12.0 Å². The second kappa shape index (κ2) is 4.01. The maximum Gasteiger partial charge on any atom is 0.120 e. The fourth-order valence-electron chi connectivity index (χ4n) is 1.65. The minimum atomic E-state index is 0.250. The van der Waals surface area contributed by atoms with Crippen molar-refractivity contribution in [3.05, 3.63) is 29.8 Å². The summed E-state index contributed by atoms with van der Waals surface area (Å²) in [5.41, 5.74) is 1.34. The molecule has 2 rings (SSSR count). The van der Waals surface area contributed by atoms with E-state index in [2.05, 4.69) is 23.5 Å². The van der Waals surface area contributed by atoms with Crippen LogP contribution in [0.4, 0.5) is 0 Å². The van der Waals surface area contributed by atoms with Crippen molar-refractivity contribution in [1.29, 1.82) is 0 Å². The summed E-state index contributed by atoms with van der Waals surface area (Å²) < 4.78 is 5.65. The van der Waals surface area contributed by atoms with E-state index in [9.17, 15) is 0 Å². The third-order valence-corrected chi connectivity index (χ3v) is 2.46. The van der Waals surface area contributed by atoms with Crippen LogP contribution in [0.25, 0.3) is 0 Å². The van der Waals surface area contributed by atoms with E-state index in [-0.39, 0.29) is 6.10 Å². The first-order valence-corrected chi connectivity index (χ1v) is 5.26. The predicted octanol–water partition coefficient (Wildman–Crippen LogP) is 2.51. The number of ether oxygens (including phenoxy) is 1. The molecule has 1 aliphatic heterocycles. The Kier molecular flexibility index (Phi) is 2.73. The first-order chi connectivity index (χ1) is 6.75. The molecule has 0 aliphatic carbocycles. The lowest BCUT2D eigenvalue weighted by Crippen LogP contribution is -2.34. The summed E-state index contributed by atoms with van der Waals surface area (Å²) >= 11 is 0. The first-order valence-electron chi connectivity index (χ1n) is 5.26. The molecule has 1 aromatic rings. The Morgan fingerprint density at radius 2 is 2.21 bits per heavy atom. The van der Waals surface area contributed by atoms with Crippen molar-refractivity contribution in [2.24, 2.45) is 0 Å². The van der Waals surface area contributed by atoms with Crippen molar-refractivity contribution < 1.29 is 4.74 Å². The fraction of sp³-hybridized carbons (Fsp3) is 0.500. The molecule has 2 heteroatoms. The van der Waals surface area contributed by atoms with E-state index >= 15 is 0 Å². The van der Waals surface area contributed by atoms with Crippen LogP contribution in [-0.2, 0) is 0 Å². The van der Waals surface area contributed by atoms with Gasteiger partial charge in [0.1, 0.15) is 5.75 Å². The average Bonchev–Trinajstić information content (AvgIpc) is 1.99. The SMILES string of the molecule is CC(C)Oc1cccc([C@H]2CCN2)c1. The second-order valence-corrected chi connectivity index (χ2v) is 4.03. The van der Waals surface area contributed by atoms with Crippen molar-refractivity contribution in [1.82, 2.24) is 5.32 Å². The van der Waals surface area contributed by atoms with Crippen LogP contribution in [0.3, 0.4) is 0 Å². The quantitative estimate of drug-likeness (QED) is 0.792. The smallest absolute Gasteiger partial charge is 0.120 e. The Morgan fingerprint density at radius 1 is 1.43 bits per heavy atom. The van der Waals surface area contributed by atoms with Gasteiger partial charge in [0.25, 0.3) is 0 Å². The van der Waals surface area contributed by atoms with Gasteiger partial charge in [-0.1, -0.05) is 12.1 Å². The van der Waals surface area contributed by atoms with Gasteiger partial charge in [0.05, 0.1) is 6.10 Å². The molecule has 1 atom stereocenters. The number of nitrogens with one attached hydrogen (secondary N) is 1. The van der Waals surface area contributed by atoms with Crippen LogP contribution in [0.2, 0.25) is 0 Å². The van der Waals surface area contributed by atoms with Crippen LogP contribution in [-0.4, -0.2) is 12.6 Å². The van der Waals surface area contributed by atoms with Crippen LogP contribution in [0.1, 0.15) is 31.9 Å². The maximum atomic E-state index is 5.65. The van der Waals surface area contributed by atoms with Gasteiger partial charge in [-0.3, -0.25) is 0 Å². The van der Waals surface area contributed by atoms with Gasteiger partial charge < -0.3 is 10.1 Å². The summed E-state index contributed by atoms with van der Waals surface area (Å²) in [4.78, 5) is 0. The standard InChI is InChI=1S/C12H17NO/c1-9(2)14-11-5-3-4-10(8-11)12-6-7-13-12/h3-5,8-9,12-13H,6-7H2,1-2H3/t12-/m1/s1. The highest BCUT2D eigenvalue weighted by Crippen LogP contribution is 2.26. The Labute approximate surface area is 85.3 Å². The highest BCUT2D eigenvalue weighted by Gasteiger charge is 2.18. The van der Waals surface area contributed by atoms with Gasteiger partial charge in [-0.25, -0.2) is 0 Å². The molecule has 0 aromatic heterocycles. The topological polar surface area (TPSA) is 21.3 Å². The first kappa shape index (κ1) is 9.53. The van der Waals surface area contributed by atoms with Crippen LogP contribution >= 0.6 is 0 Å². The number of hydrogen-bond acceptors (Lipinski definition) is 2. The lowest BCUT2D eigenvalue weighted by Gasteiger charge is -2.28. The van der Waals surface area contributed by atoms with Crippen molar-refractivity contribution in [3.8, 4) is 5.75 Å². The molecule has 0 bridgehead atoms. The number of rotatable bonds is 3. The van der Waals surface area contributed by atoms with Gasteiger partial charge in [-0.15, -0.1) is 0 Å². The molecule has 0 spiro atoms. The normalized spacial score (nSPS) is 20.6. The Balaban J connectivity index is 2.09. The monoisotopic (exact) mass is 191 g/mol. The minimum absolute atomic E-state index is 0.250. The molecular weight excluding hydrogens is 174 g/mol. The molecular formula is C12H17NO. The van der Waals surface area contributed by atoms with E-state index in [0.29, 0.717) is 6.04 Å². The molecule has 1 heterocycles. The number of hydrogen-bond donors (Lipinski definition) is 1.